The molecular formula is C28H40N2O4S. The third-order valence-electron chi connectivity index (χ3n) is 7.83. The molecule has 2 aliphatic rings. The number of benzene rings is 1. The summed E-state index contributed by atoms with van der Waals surface area (Å²) in [6.07, 6.45) is 11.2. The Bertz CT molecular complexity index is 965. The highest BCUT2D eigenvalue weighted by molar-refractivity contribution is 7.99. The Kier molecular flexibility index (Phi) is 9.69. The molecule has 1 aliphatic carbocycles. The minimum atomic E-state index is -0.704. The standard InChI is InChI=1S/C28H40N2O4S/c1-34-21-9-10-26-24(18-21)23(12-14-29-26)27(31)11-8-20-13-16-30(19-25(20)28(32)33)15-5-17-35-22-6-3-2-4-7-22/h9-10,12,14,18,20,22,25,27,31H,2-8,11,13,15-17,19H2,1H3,(H,32,33)/t20-,25+,27+/m1/s1. The molecule has 0 bridgehead atoms. The highest BCUT2D eigenvalue weighted by Crippen LogP contribution is 2.34. The Balaban J connectivity index is 1.28. The predicted molar refractivity (Wildman–Crippen MR) is 142 cm³/mol. The lowest BCUT2D eigenvalue weighted by atomic mass is 9.81. The van der Waals surface area contributed by atoms with Gasteiger partial charge in [-0.2, -0.15) is 11.8 Å². The molecule has 2 heterocycles. The topological polar surface area (TPSA) is 82.9 Å². The number of hydrogen-bond donors (Lipinski definition) is 2. The highest BCUT2D eigenvalue weighted by Gasteiger charge is 2.34. The number of rotatable bonds is 11. The largest absolute Gasteiger partial charge is 0.497 e. The SMILES string of the molecule is COc1ccc2nccc([C@@H](O)CC[C@@H]3CCN(CCCSC4CCCCC4)C[C@@H]3C(=O)O)c2c1. The van der Waals surface area contributed by atoms with E-state index in [1.165, 1.54) is 37.9 Å². The number of pyridine rings is 1. The summed E-state index contributed by atoms with van der Waals surface area (Å²) in [7, 11) is 1.63. The van der Waals surface area contributed by atoms with Gasteiger partial charge in [0.25, 0.3) is 0 Å². The number of carboxylic acid groups (broad SMARTS) is 1. The normalized spacial score (nSPS) is 22.8. The molecular weight excluding hydrogens is 460 g/mol. The number of piperidine rings is 1. The number of aliphatic carboxylic acids is 1. The van der Waals surface area contributed by atoms with Crippen molar-refractivity contribution in [2.75, 3.05) is 32.5 Å². The third kappa shape index (κ3) is 7.11. The van der Waals surface area contributed by atoms with E-state index in [9.17, 15) is 15.0 Å². The van der Waals surface area contributed by atoms with Gasteiger partial charge in [-0.1, -0.05) is 19.3 Å². The second kappa shape index (κ2) is 12.9. The Labute approximate surface area is 213 Å². The van der Waals surface area contributed by atoms with Crippen LogP contribution in [0, 0.1) is 11.8 Å². The lowest BCUT2D eigenvalue weighted by Crippen LogP contribution is -2.44. The maximum absolute atomic E-state index is 12.1. The van der Waals surface area contributed by atoms with Crippen molar-refractivity contribution in [2.45, 2.75) is 69.1 Å². The molecule has 2 aromatic rings. The van der Waals surface area contributed by atoms with Gasteiger partial charge in [-0.25, -0.2) is 0 Å². The van der Waals surface area contributed by atoms with Crippen LogP contribution in [0.15, 0.2) is 30.5 Å². The monoisotopic (exact) mass is 500 g/mol. The molecule has 2 fully saturated rings. The number of carbonyl (C=O) groups is 1. The fourth-order valence-corrected chi connectivity index (χ4v) is 7.05. The minimum Gasteiger partial charge on any atom is -0.497 e. The first kappa shape index (κ1) is 26.2. The quantitative estimate of drug-likeness (QED) is 0.392. The Morgan fingerprint density at radius 3 is 2.83 bits per heavy atom. The molecule has 1 saturated heterocycles. The molecule has 1 aliphatic heterocycles. The summed E-state index contributed by atoms with van der Waals surface area (Å²) < 4.78 is 5.35. The van der Waals surface area contributed by atoms with E-state index in [0.717, 1.165) is 53.4 Å². The summed E-state index contributed by atoms with van der Waals surface area (Å²) in [4.78, 5) is 18.8. The maximum Gasteiger partial charge on any atom is 0.308 e. The fraction of sp³-hybridized carbons (Fsp3) is 0.643. The van der Waals surface area contributed by atoms with Gasteiger partial charge in [-0.3, -0.25) is 9.78 Å². The van der Waals surface area contributed by atoms with Crippen LogP contribution < -0.4 is 4.74 Å². The number of hydrogen-bond acceptors (Lipinski definition) is 6. The molecule has 6 nitrogen and oxygen atoms in total. The van der Waals surface area contributed by atoms with Gasteiger partial charge in [0.2, 0.25) is 0 Å². The van der Waals surface area contributed by atoms with E-state index in [0.29, 0.717) is 19.4 Å². The van der Waals surface area contributed by atoms with Crippen molar-refractivity contribution in [3.63, 3.8) is 0 Å². The predicted octanol–water partition coefficient (Wildman–Crippen LogP) is 5.54. The number of aliphatic hydroxyl groups excluding tert-OH is 1. The lowest BCUT2D eigenvalue weighted by Gasteiger charge is -2.37. The zero-order chi connectivity index (χ0) is 24.6. The zero-order valence-electron chi connectivity index (χ0n) is 20.9. The lowest BCUT2D eigenvalue weighted by molar-refractivity contribution is -0.146. The van der Waals surface area contributed by atoms with Gasteiger partial charge in [-0.05, 0) is 93.1 Å². The first-order valence-electron chi connectivity index (χ1n) is 13.2. The van der Waals surface area contributed by atoms with Crippen LogP contribution in [0.25, 0.3) is 10.9 Å². The summed E-state index contributed by atoms with van der Waals surface area (Å²) in [6, 6.07) is 7.53. The van der Waals surface area contributed by atoms with Crippen LogP contribution in [-0.2, 0) is 4.79 Å². The van der Waals surface area contributed by atoms with Gasteiger partial charge < -0.3 is 19.8 Å². The molecule has 7 heteroatoms. The van der Waals surface area contributed by atoms with Crippen molar-refractivity contribution >= 4 is 28.6 Å². The van der Waals surface area contributed by atoms with E-state index in [-0.39, 0.29) is 11.8 Å². The summed E-state index contributed by atoms with van der Waals surface area (Å²) >= 11 is 2.12. The van der Waals surface area contributed by atoms with Crippen molar-refractivity contribution in [1.29, 1.82) is 0 Å². The number of nitrogens with zero attached hydrogens (tertiary/aromatic N) is 2. The average molecular weight is 501 g/mol. The van der Waals surface area contributed by atoms with Crippen molar-refractivity contribution < 1.29 is 19.7 Å². The number of fused-ring (bicyclic) bond motifs is 1. The Morgan fingerprint density at radius 2 is 2.06 bits per heavy atom. The molecule has 3 atom stereocenters. The van der Waals surface area contributed by atoms with Crippen molar-refractivity contribution in [3.05, 3.63) is 36.0 Å². The van der Waals surface area contributed by atoms with Gasteiger partial charge in [0.15, 0.2) is 0 Å². The fourth-order valence-electron chi connectivity index (χ4n) is 5.76. The molecule has 0 amide bonds. The Morgan fingerprint density at radius 1 is 1.23 bits per heavy atom. The number of ether oxygens (including phenoxy) is 1. The second-order valence-electron chi connectivity index (χ2n) is 10.2. The van der Waals surface area contributed by atoms with Gasteiger partial charge in [0.1, 0.15) is 5.75 Å². The van der Waals surface area contributed by atoms with Crippen LogP contribution in [0.4, 0.5) is 0 Å². The number of thioether (sulfide) groups is 1. The average Bonchev–Trinajstić information content (AvgIpc) is 2.89. The summed E-state index contributed by atoms with van der Waals surface area (Å²) in [5, 5.41) is 22.7. The number of likely N-dealkylation sites (tertiary alicyclic amines) is 1. The molecule has 2 N–H and O–H groups in total. The number of carboxylic acids is 1. The summed E-state index contributed by atoms with van der Waals surface area (Å²) in [5.41, 5.74) is 1.65. The first-order valence-corrected chi connectivity index (χ1v) is 14.3. The zero-order valence-corrected chi connectivity index (χ0v) is 21.7. The van der Waals surface area contributed by atoms with Crippen LogP contribution in [-0.4, -0.2) is 63.8 Å². The van der Waals surface area contributed by atoms with Crippen LogP contribution in [0.2, 0.25) is 0 Å². The first-order chi connectivity index (χ1) is 17.0. The van der Waals surface area contributed by atoms with E-state index in [1.807, 2.05) is 24.3 Å². The number of aliphatic hydroxyl groups is 1. The van der Waals surface area contributed by atoms with E-state index < -0.39 is 12.1 Å². The van der Waals surface area contributed by atoms with Crippen molar-refractivity contribution in [2.24, 2.45) is 11.8 Å². The van der Waals surface area contributed by atoms with E-state index in [2.05, 4.69) is 21.6 Å². The minimum absolute atomic E-state index is 0.0950. The molecule has 192 valence electrons. The Hall–Kier alpha value is -1.83. The van der Waals surface area contributed by atoms with Crippen molar-refractivity contribution in [1.82, 2.24) is 9.88 Å². The molecule has 35 heavy (non-hydrogen) atoms. The summed E-state index contributed by atoms with van der Waals surface area (Å²) in [5.74, 6) is 0.937. The van der Waals surface area contributed by atoms with Gasteiger partial charge in [0, 0.05) is 23.4 Å². The van der Waals surface area contributed by atoms with Crippen LogP contribution in [0.3, 0.4) is 0 Å². The van der Waals surface area contributed by atoms with Gasteiger partial charge in [-0.15, -0.1) is 0 Å². The van der Waals surface area contributed by atoms with E-state index >= 15 is 0 Å². The second-order valence-corrected chi connectivity index (χ2v) is 11.6. The smallest absolute Gasteiger partial charge is 0.308 e. The van der Waals surface area contributed by atoms with Gasteiger partial charge in [0.05, 0.1) is 24.6 Å². The molecule has 0 radical (unpaired) electrons. The number of aromatic nitrogens is 1. The summed E-state index contributed by atoms with van der Waals surface area (Å²) in [6.45, 7) is 2.57. The molecule has 1 aromatic heterocycles. The molecule has 0 spiro atoms. The maximum atomic E-state index is 12.1. The molecule has 4 rings (SSSR count). The molecule has 1 aromatic carbocycles. The molecule has 1 saturated carbocycles. The van der Waals surface area contributed by atoms with Crippen LogP contribution in [0.5, 0.6) is 5.75 Å². The van der Waals surface area contributed by atoms with Crippen molar-refractivity contribution in [3.8, 4) is 5.75 Å². The highest BCUT2D eigenvalue weighted by atomic mass is 32.2. The third-order valence-corrected chi connectivity index (χ3v) is 9.30. The van der Waals surface area contributed by atoms with E-state index in [1.54, 1.807) is 13.3 Å². The van der Waals surface area contributed by atoms with Crippen LogP contribution in [0.1, 0.15) is 69.5 Å². The van der Waals surface area contributed by atoms with Gasteiger partial charge >= 0.3 is 5.97 Å². The van der Waals surface area contributed by atoms with Crippen LogP contribution >= 0.6 is 11.8 Å². The number of methoxy groups -OCH3 is 1. The van der Waals surface area contributed by atoms with E-state index in [4.69, 9.17) is 4.74 Å². The molecule has 0 unspecified atom stereocenters.